The number of nitrogens with zero attached hydrogens (tertiary/aromatic N) is 2. The van der Waals surface area contributed by atoms with Gasteiger partial charge in [-0.15, -0.1) is 0 Å². The molecule has 6 nitrogen and oxygen atoms in total. The second kappa shape index (κ2) is 10.1. The van der Waals surface area contributed by atoms with Gasteiger partial charge in [0.25, 0.3) is 0 Å². The van der Waals surface area contributed by atoms with E-state index in [0.29, 0.717) is 36.4 Å². The van der Waals surface area contributed by atoms with Crippen molar-refractivity contribution in [2.24, 2.45) is 11.8 Å². The summed E-state index contributed by atoms with van der Waals surface area (Å²) < 4.78 is 16.2. The number of methoxy groups -OCH3 is 2. The lowest BCUT2D eigenvalue weighted by atomic mass is 9.84. The van der Waals surface area contributed by atoms with E-state index in [2.05, 4.69) is 35.2 Å². The van der Waals surface area contributed by atoms with Crippen LogP contribution >= 0.6 is 0 Å². The van der Waals surface area contributed by atoms with Gasteiger partial charge in [0.1, 0.15) is 0 Å². The summed E-state index contributed by atoms with van der Waals surface area (Å²) in [6, 6.07) is 16.4. The van der Waals surface area contributed by atoms with Crippen LogP contribution in [0.2, 0.25) is 0 Å². The quantitative estimate of drug-likeness (QED) is 0.676. The number of piperidine rings is 2. The van der Waals surface area contributed by atoms with Crippen LogP contribution in [0.1, 0.15) is 17.5 Å². The third kappa shape index (κ3) is 5.50. The molecule has 31 heavy (non-hydrogen) atoms. The molecule has 0 aliphatic carbocycles. The maximum atomic E-state index is 12.7. The highest BCUT2D eigenvalue weighted by atomic mass is 16.6. The van der Waals surface area contributed by atoms with Crippen LogP contribution in [0, 0.1) is 11.8 Å². The molecule has 2 bridgehead atoms. The molecule has 2 atom stereocenters. The Morgan fingerprint density at radius 1 is 0.903 bits per heavy atom. The molecule has 2 aromatic carbocycles. The van der Waals surface area contributed by atoms with Crippen molar-refractivity contribution >= 4 is 6.09 Å². The minimum absolute atomic E-state index is 0.188. The van der Waals surface area contributed by atoms with Gasteiger partial charge in [0, 0.05) is 39.1 Å². The molecule has 0 aromatic heterocycles. The van der Waals surface area contributed by atoms with E-state index in [9.17, 15) is 4.79 Å². The zero-order valence-electron chi connectivity index (χ0n) is 18.5. The number of likely N-dealkylation sites (tertiary alicyclic amines) is 2. The maximum absolute atomic E-state index is 12.7. The molecule has 2 aliphatic rings. The van der Waals surface area contributed by atoms with Crippen molar-refractivity contribution in [3.8, 4) is 11.5 Å². The summed E-state index contributed by atoms with van der Waals surface area (Å²) in [5.41, 5.74) is 2.41. The van der Waals surface area contributed by atoms with Crippen molar-refractivity contribution in [1.29, 1.82) is 0 Å². The molecule has 2 unspecified atom stereocenters. The molecule has 166 valence electrons. The first kappa shape index (κ1) is 21.5. The Bertz CT molecular complexity index is 859. The molecule has 0 spiro atoms. The minimum atomic E-state index is -0.188. The smallest absolute Gasteiger partial charge is 0.409 e. The summed E-state index contributed by atoms with van der Waals surface area (Å²) in [6.07, 6.45) is 1.67. The average molecular weight is 425 g/mol. The first-order valence-corrected chi connectivity index (χ1v) is 11.0. The zero-order chi connectivity index (χ0) is 21.6. The predicted molar refractivity (Wildman–Crippen MR) is 119 cm³/mol. The van der Waals surface area contributed by atoms with E-state index in [0.717, 1.165) is 38.3 Å². The fourth-order valence-electron chi connectivity index (χ4n) is 4.89. The number of ether oxygens (including phenoxy) is 3. The van der Waals surface area contributed by atoms with E-state index in [1.807, 2.05) is 23.1 Å². The van der Waals surface area contributed by atoms with Crippen LogP contribution in [0.25, 0.3) is 0 Å². The minimum Gasteiger partial charge on any atom is -0.493 e. The number of carbonyl (C=O) groups excluding carboxylic acids is 1. The van der Waals surface area contributed by atoms with Crippen LogP contribution in [0.3, 0.4) is 0 Å². The standard InChI is InChI=1S/C25H32N2O4/c1-29-23-9-8-19(13-24(23)30-2)10-11-31-25(28)27-17-21-12-22(18-27)16-26(15-21)14-20-6-4-3-5-7-20/h3-9,13,21-22H,10-12,14-18H2,1-2H3. The Morgan fingerprint density at radius 2 is 1.61 bits per heavy atom. The summed E-state index contributed by atoms with van der Waals surface area (Å²) in [6.45, 7) is 5.01. The molecule has 0 N–H and O–H groups in total. The molecular formula is C25H32N2O4. The Morgan fingerprint density at radius 3 is 2.29 bits per heavy atom. The molecule has 2 heterocycles. The van der Waals surface area contributed by atoms with Crippen molar-refractivity contribution in [3.05, 3.63) is 59.7 Å². The van der Waals surface area contributed by atoms with E-state index >= 15 is 0 Å². The Hall–Kier alpha value is -2.73. The average Bonchev–Trinajstić information content (AvgIpc) is 2.79. The van der Waals surface area contributed by atoms with Gasteiger partial charge in [-0.25, -0.2) is 4.79 Å². The van der Waals surface area contributed by atoms with E-state index in [1.54, 1.807) is 14.2 Å². The third-order valence-electron chi connectivity index (χ3n) is 6.23. The van der Waals surface area contributed by atoms with Gasteiger partial charge in [-0.2, -0.15) is 0 Å². The van der Waals surface area contributed by atoms with Gasteiger partial charge in [0.2, 0.25) is 0 Å². The lowest BCUT2D eigenvalue weighted by molar-refractivity contribution is 0.0201. The topological polar surface area (TPSA) is 51.2 Å². The van der Waals surface area contributed by atoms with Gasteiger partial charge in [0.05, 0.1) is 20.8 Å². The van der Waals surface area contributed by atoms with E-state index in [4.69, 9.17) is 14.2 Å². The van der Waals surface area contributed by atoms with Crippen molar-refractivity contribution in [1.82, 2.24) is 9.80 Å². The van der Waals surface area contributed by atoms with Crippen molar-refractivity contribution < 1.29 is 19.0 Å². The highest BCUT2D eigenvalue weighted by Crippen LogP contribution is 2.30. The number of amides is 1. The van der Waals surface area contributed by atoms with Crippen LogP contribution in [0.5, 0.6) is 11.5 Å². The Balaban J connectivity index is 1.24. The van der Waals surface area contributed by atoms with E-state index < -0.39 is 0 Å². The lowest BCUT2D eigenvalue weighted by Gasteiger charge is -2.45. The molecule has 1 amide bonds. The van der Waals surface area contributed by atoms with Crippen LogP contribution in [-0.2, 0) is 17.7 Å². The number of fused-ring (bicyclic) bond motifs is 2. The maximum Gasteiger partial charge on any atom is 0.409 e. The van der Waals surface area contributed by atoms with Crippen molar-refractivity contribution in [2.45, 2.75) is 19.4 Å². The zero-order valence-corrected chi connectivity index (χ0v) is 18.5. The SMILES string of the molecule is COc1ccc(CCOC(=O)N2CC3CC(CN(Cc4ccccc4)C3)C2)cc1OC. The molecule has 2 aliphatic heterocycles. The molecule has 0 saturated carbocycles. The number of carbonyl (C=O) groups is 1. The molecule has 6 heteroatoms. The van der Waals surface area contributed by atoms with Crippen molar-refractivity contribution in [2.75, 3.05) is 47.0 Å². The monoisotopic (exact) mass is 424 g/mol. The van der Waals surface area contributed by atoms with Crippen LogP contribution < -0.4 is 9.47 Å². The largest absolute Gasteiger partial charge is 0.493 e. The summed E-state index contributed by atoms with van der Waals surface area (Å²) in [4.78, 5) is 17.1. The number of rotatable bonds is 7. The normalized spacial score (nSPS) is 20.9. The molecule has 4 rings (SSSR count). The molecule has 2 fully saturated rings. The highest BCUT2D eigenvalue weighted by molar-refractivity contribution is 5.67. The van der Waals surface area contributed by atoms with Gasteiger partial charge in [0.15, 0.2) is 11.5 Å². The van der Waals surface area contributed by atoms with Gasteiger partial charge >= 0.3 is 6.09 Å². The Labute approximate surface area is 184 Å². The van der Waals surface area contributed by atoms with Crippen LogP contribution in [-0.4, -0.2) is 62.9 Å². The molecule has 2 saturated heterocycles. The Kier molecular flexibility index (Phi) is 6.97. The summed E-state index contributed by atoms with van der Waals surface area (Å²) in [5.74, 6) is 2.43. The van der Waals surface area contributed by atoms with Crippen LogP contribution in [0.4, 0.5) is 4.79 Å². The van der Waals surface area contributed by atoms with Crippen LogP contribution in [0.15, 0.2) is 48.5 Å². The first-order valence-electron chi connectivity index (χ1n) is 11.0. The van der Waals surface area contributed by atoms with Gasteiger partial charge in [-0.3, -0.25) is 4.90 Å². The first-order chi connectivity index (χ1) is 15.1. The second-order valence-electron chi connectivity index (χ2n) is 8.61. The number of benzene rings is 2. The molecular weight excluding hydrogens is 392 g/mol. The third-order valence-corrected chi connectivity index (χ3v) is 6.23. The number of hydrogen-bond donors (Lipinski definition) is 0. The predicted octanol–water partition coefficient (Wildman–Crippen LogP) is 3.84. The summed E-state index contributed by atoms with van der Waals surface area (Å²) in [5, 5.41) is 0. The summed E-state index contributed by atoms with van der Waals surface area (Å²) in [7, 11) is 3.24. The van der Waals surface area contributed by atoms with E-state index in [-0.39, 0.29) is 6.09 Å². The van der Waals surface area contributed by atoms with Gasteiger partial charge in [-0.1, -0.05) is 36.4 Å². The molecule has 2 aromatic rings. The van der Waals surface area contributed by atoms with E-state index in [1.165, 1.54) is 12.0 Å². The fraction of sp³-hybridized carbons (Fsp3) is 0.480. The number of hydrogen-bond acceptors (Lipinski definition) is 5. The molecule has 0 radical (unpaired) electrons. The second-order valence-corrected chi connectivity index (χ2v) is 8.61. The highest BCUT2D eigenvalue weighted by Gasteiger charge is 2.36. The fourth-order valence-corrected chi connectivity index (χ4v) is 4.89. The summed E-state index contributed by atoms with van der Waals surface area (Å²) >= 11 is 0. The van der Waals surface area contributed by atoms with Crippen molar-refractivity contribution in [3.63, 3.8) is 0 Å². The van der Waals surface area contributed by atoms with Gasteiger partial charge < -0.3 is 19.1 Å². The van der Waals surface area contributed by atoms with Gasteiger partial charge in [-0.05, 0) is 41.5 Å². The lowest BCUT2D eigenvalue weighted by Crippen LogP contribution is -2.53.